The molecule has 0 spiro atoms. The zero-order valence-corrected chi connectivity index (χ0v) is 15.9. The molecule has 27 heavy (non-hydrogen) atoms. The summed E-state index contributed by atoms with van der Waals surface area (Å²) in [6.07, 6.45) is 6.57. The first-order valence-electron chi connectivity index (χ1n) is 9.96. The lowest BCUT2D eigenvalue weighted by molar-refractivity contribution is 0.0836. The Morgan fingerprint density at radius 3 is 2.78 bits per heavy atom. The third kappa shape index (κ3) is 3.24. The topological polar surface area (TPSA) is 40.2 Å². The Morgan fingerprint density at radius 2 is 1.96 bits per heavy atom. The Labute approximate surface area is 160 Å². The predicted molar refractivity (Wildman–Crippen MR) is 106 cm³/mol. The van der Waals surface area contributed by atoms with Crippen molar-refractivity contribution in [3.63, 3.8) is 0 Å². The molecule has 3 aromatic rings. The first-order chi connectivity index (χ1) is 13.3. The molecule has 0 saturated carbocycles. The molecule has 2 fully saturated rings. The van der Waals surface area contributed by atoms with Crippen LogP contribution in [-0.2, 0) is 6.54 Å². The van der Waals surface area contributed by atoms with Crippen molar-refractivity contribution < 1.29 is 4.42 Å². The number of rotatable bonds is 4. The maximum absolute atomic E-state index is 5.54. The molecular formula is C21H27N5O. The molecule has 2 aliphatic heterocycles. The van der Waals surface area contributed by atoms with Crippen LogP contribution in [0.2, 0.25) is 0 Å². The number of fused-ring (bicyclic) bond motifs is 1. The molecule has 1 atom stereocenters. The van der Waals surface area contributed by atoms with Gasteiger partial charge in [-0.2, -0.15) is 0 Å². The van der Waals surface area contributed by atoms with E-state index in [-0.39, 0.29) is 0 Å². The molecular weight excluding hydrogens is 338 g/mol. The van der Waals surface area contributed by atoms with Crippen molar-refractivity contribution in [2.24, 2.45) is 0 Å². The van der Waals surface area contributed by atoms with Gasteiger partial charge >= 0.3 is 0 Å². The van der Waals surface area contributed by atoms with E-state index in [0.29, 0.717) is 6.04 Å². The van der Waals surface area contributed by atoms with Gasteiger partial charge in [-0.15, -0.1) is 0 Å². The quantitative estimate of drug-likeness (QED) is 0.711. The fourth-order valence-corrected chi connectivity index (χ4v) is 4.40. The van der Waals surface area contributed by atoms with E-state index < -0.39 is 0 Å². The molecule has 6 nitrogen and oxygen atoms in total. The summed E-state index contributed by atoms with van der Waals surface area (Å²) in [7, 11) is 2.21. The predicted octanol–water partition coefficient (Wildman–Crippen LogP) is 3.02. The maximum atomic E-state index is 5.54. The molecule has 0 N–H and O–H groups in total. The second-order valence-corrected chi connectivity index (χ2v) is 7.78. The van der Waals surface area contributed by atoms with Crippen molar-refractivity contribution in [2.45, 2.75) is 25.4 Å². The van der Waals surface area contributed by atoms with E-state index >= 15 is 0 Å². The van der Waals surface area contributed by atoms with Crippen LogP contribution in [0.1, 0.15) is 30.3 Å². The van der Waals surface area contributed by atoms with Gasteiger partial charge in [0.2, 0.25) is 0 Å². The second-order valence-electron chi connectivity index (χ2n) is 7.78. The highest BCUT2D eigenvalue weighted by Gasteiger charge is 2.28. The first kappa shape index (κ1) is 16.8. The Balaban J connectivity index is 1.42. The van der Waals surface area contributed by atoms with E-state index in [1.165, 1.54) is 18.7 Å². The van der Waals surface area contributed by atoms with Gasteiger partial charge in [0.1, 0.15) is 17.2 Å². The van der Waals surface area contributed by atoms with Gasteiger partial charge in [0.25, 0.3) is 0 Å². The van der Waals surface area contributed by atoms with Gasteiger partial charge < -0.3 is 9.32 Å². The van der Waals surface area contributed by atoms with Gasteiger partial charge in [-0.25, -0.2) is 4.98 Å². The number of nitrogens with zero attached hydrogens (tertiary/aromatic N) is 5. The fraction of sp³-hybridized carbons (Fsp3) is 0.476. The molecule has 0 radical (unpaired) electrons. The van der Waals surface area contributed by atoms with Crippen molar-refractivity contribution in [3.8, 4) is 0 Å². The smallest absolute Gasteiger partial charge is 0.138 e. The molecule has 0 aromatic carbocycles. The average molecular weight is 365 g/mol. The van der Waals surface area contributed by atoms with Crippen LogP contribution in [0.4, 0.5) is 5.82 Å². The van der Waals surface area contributed by atoms with Crippen LogP contribution < -0.4 is 4.90 Å². The Kier molecular flexibility index (Phi) is 4.38. The van der Waals surface area contributed by atoms with Crippen LogP contribution in [0.15, 0.2) is 47.2 Å². The zero-order valence-electron chi connectivity index (χ0n) is 15.9. The van der Waals surface area contributed by atoms with E-state index in [2.05, 4.69) is 56.6 Å². The number of hydrogen-bond donors (Lipinski definition) is 0. The number of hydrogen-bond acceptors (Lipinski definition) is 5. The Morgan fingerprint density at radius 1 is 1.07 bits per heavy atom. The van der Waals surface area contributed by atoms with Gasteiger partial charge in [-0.3, -0.25) is 14.2 Å². The van der Waals surface area contributed by atoms with E-state index in [0.717, 1.165) is 56.4 Å². The van der Waals surface area contributed by atoms with E-state index in [1.54, 1.807) is 6.26 Å². The highest BCUT2D eigenvalue weighted by atomic mass is 16.3. The van der Waals surface area contributed by atoms with Crippen molar-refractivity contribution in [1.29, 1.82) is 0 Å². The molecule has 142 valence electrons. The van der Waals surface area contributed by atoms with Crippen LogP contribution in [0.3, 0.4) is 0 Å². The van der Waals surface area contributed by atoms with Crippen molar-refractivity contribution >= 4 is 11.5 Å². The van der Waals surface area contributed by atoms with Gasteiger partial charge in [-0.1, -0.05) is 6.07 Å². The van der Waals surface area contributed by atoms with Gasteiger partial charge in [0, 0.05) is 38.9 Å². The largest absolute Gasteiger partial charge is 0.468 e. The summed E-state index contributed by atoms with van der Waals surface area (Å²) in [5, 5.41) is 0. The number of imidazole rings is 1. The van der Waals surface area contributed by atoms with Gasteiger partial charge in [-0.05, 0) is 44.2 Å². The van der Waals surface area contributed by atoms with Crippen molar-refractivity contribution in [1.82, 2.24) is 19.2 Å². The zero-order chi connectivity index (χ0) is 18.2. The summed E-state index contributed by atoms with van der Waals surface area (Å²) in [4.78, 5) is 12.4. The normalized spacial score (nSPS) is 22.1. The summed E-state index contributed by atoms with van der Waals surface area (Å²) in [5.74, 6) is 2.30. The Bertz CT molecular complexity index is 897. The molecule has 0 amide bonds. The number of piperazine rings is 1. The molecule has 0 bridgehead atoms. The van der Waals surface area contributed by atoms with Crippen LogP contribution >= 0.6 is 0 Å². The molecule has 2 saturated heterocycles. The second kappa shape index (κ2) is 7.02. The van der Waals surface area contributed by atoms with Crippen LogP contribution in [0, 0.1) is 0 Å². The lowest BCUT2D eigenvalue weighted by Crippen LogP contribution is -2.46. The SMILES string of the molecule is CN1CCN(Cc2ccco2)C[C@H]1c1cn2c(N3CCCC3)cccc2n1. The summed E-state index contributed by atoms with van der Waals surface area (Å²) in [6, 6.07) is 10.8. The highest BCUT2D eigenvalue weighted by Crippen LogP contribution is 2.28. The van der Waals surface area contributed by atoms with Crippen LogP contribution in [0.25, 0.3) is 5.65 Å². The monoisotopic (exact) mass is 365 g/mol. The standard InChI is InChI=1S/C21H27N5O/c1-23-11-12-24(14-17-6-5-13-27-17)16-19(23)18-15-26-20(22-18)7-4-8-21(26)25-9-2-3-10-25/h4-8,13,15,19H,2-3,9-12,14,16H2,1H3/t19-/m0/s1. The highest BCUT2D eigenvalue weighted by molar-refractivity contribution is 5.53. The minimum absolute atomic E-state index is 0.306. The summed E-state index contributed by atoms with van der Waals surface area (Å²) in [5.41, 5.74) is 2.21. The van der Waals surface area contributed by atoms with E-state index in [4.69, 9.17) is 9.40 Å². The molecule has 3 aromatic heterocycles. The van der Waals surface area contributed by atoms with Gasteiger partial charge in [0.15, 0.2) is 0 Å². The lowest BCUT2D eigenvalue weighted by Gasteiger charge is -2.38. The number of furan rings is 1. The molecule has 0 unspecified atom stereocenters. The number of pyridine rings is 1. The van der Waals surface area contributed by atoms with Crippen molar-refractivity contribution in [2.75, 3.05) is 44.7 Å². The number of likely N-dealkylation sites (N-methyl/N-ethyl adjacent to an activating group) is 1. The molecule has 6 heteroatoms. The van der Waals surface area contributed by atoms with Crippen LogP contribution in [0.5, 0.6) is 0 Å². The van der Waals surface area contributed by atoms with Crippen LogP contribution in [-0.4, -0.2) is 59.0 Å². The first-order valence-corrected chi connectivity index (χ1v) is 9.96. The number of aromatic nitrogens is 2. The summed E-state index contributed by atoms with van der Waals surface area (Å²) < 4.78 is 7.82. The summed E-state index contributed by atoms with van der Waals surface area (Å²) in [6.45, 7) is 6.22. The van der Waals surface area contributed by atoms with Crippen molar-refractivity contribution in [3.05, 3.63) is 54.2 Å². The number of anilines is 1. The third-order valence-corrected chi connectivity index (χ3v) is 5.95. The third-order valence-electron chi connectivity index (χ3n) is 5.95. The Hall–Kier alpha value is -2.31. The molecule has 5 heterocycles. The molecule has 5 rings (SSSR count). The minimum Gasteiger partial charge on any atom is -0.468 e. The average Bonchev–Trinajstić information content (AvgIpc) is 3.44. The lowest BCUT2D eigenvalue weighted by atomic mass is 10.1. The fourth-order valence-electron chi connectivity index (χ4n) is 4.40. The van der Waals surface area contributed by atoms with E-state index in [1.807, 2.05) is 6.07 Å². The maximum Gasteiger partial charge on any atom is 0.138 e. The molecule has 0 aliphatic carbocycles. The molecule has 2 aliphatic rings. The summed E-state index contributed by atoms with van der Waals surface area (Å²) >= 11 is 0. The van der Waals surface area contributed by atoms with E-state index in [9.17, 15) is 0 Å². The van der Waals surface area contributed by atoms with Gasteiger partial charge in [0.05, 0.1) is 24.5 Å². The minimum atomic E-state index is 0.306.